The molecule has 0 bridgehead atoms. The van der Waals surface area contributed by atoms with E-state index in [0.29, 0.717) is 0 Å². The number of thiocarbonyl (C=S) groups is 1. The van der Waals surface area contributed by atoms with Gasteiger partial charge in [0, 0.05) is 31.7 Å². The van der Waals surface area contributed by atoms with Gasteiger partial charge in [-0.3, -0.25) is 0 Å². The van der Waals surface area contributed by atoms with Crippen molar-refractivity contribution in [2.24, 2.45) is 0 Å². The van der Waals surface area contributed by atoms with Crippen molar-refractivity contribution in [1.29, 1.82) is 0 Å². The molecule has 2 aromatic carbocycles. The minimum absolute atomic E-state index is 0.760. The summed E-state index contributed by atoms with van der Waals surface area (Å²) in [5.74, 6) is 0. The molecule has 0 aromatic heterocycles. The topological polar surface area (TPSA) is 6.48 Å². The van der Waals surface area contributed by atoms with E-state index in [1.54, 1.807) is 0 Å². The van der Waals surface area contributed by atoms with Gasteiger partial charge in [0.2, 0.25) is 0 Å². The van der Waals surface area contributed by atoms with E-state index in [9.17, 15) is 0 Å². The van der Waals surface area contributed by atoms with Crippen molar-refractivity contribution < 1.29 is 0 Å². The van der Waals surface area contributed by atoms with Crippen LogP contribution in [0, 0.1) is 0 Å². The Morgan fingerprint density at radius 2 is 1.30 bits per heavy atom. The molecule has 102 valence electrons. The van der Waals surface area contributed by atoms with E-state index < -0.39 is 0 Å². The van der Waals surface area contributed by atoms with E-state index in [4.69, 9.17) is 12.2 Å². The van der Waals surface area contributed by atoms with Gasteiger partial charge in [-0.15, -0.1) is 0 Å². The molecule has 0 N–H and O–H groups in total. The molecule has 0 fully saturated rings. The minimum Gasteiger partial charge on any atom is -0.383 e. The first-order chi connectivity index (χ1) is 9.68. The van der Waals surface area contributed by atoms with E-state index in [0.717, 1.165) is 16.4 Å². The Balaban J connectivity index is 2.38. The first-order valence-electron chi connectivity index (χ1n) is 6.47. The van der Waals surface area contributed by atoms with Crippen LogP contribution >= 0.6 is 12.2 Å². The lowest BCUT2D eigenvalue weighted by atomic mass is 10.2. The van der Waals surface area contributed by atoms with Gasteiger partial charge < -0.3 is 9.80 Å². The molecule has 0 amide bonds. The van der Waals surface area contributed by atoms with Crippen LogP contribution in [0.5, 0.6) is 0 Å². The van der Waals surface area contributed by atoms with Gasteiger partial charge in [0.05, 0.1) is 0 Å². The lowest BCUT2D eigenvalue weighted by Crippen LogP contribution is -2.22. The molecule has 20 heavy (non-hydrogen) atoms. The molecule has 0 saturated carbocycles. The van der Waals surface area contributed by atoms with Crippen LogP contribution < -0.4 is 4.90 Å². The van der Waals surface area contributed by atoms with Crippen LogP contribution in [0.2, 0.25) is 0 Å². The number of anilines is 2. The summed E-state index contributed by atoms with van der Waals surface area (Å²) in [5.41, 5.74) is 2.12. The molecule has 2 aromatic rings. The monoisotopic (exact) mass is 282 g/mol. The van der Waals surface area contributed by atoms with Crippen LogP contribution in [0.3, 0.4) is 0 Å². The van der Waals surface area contributed by atoms with Crippen LogP contribution in [0.4, 0.5) is 11.4 Å². The third kappa shape index (κ3) is 3.68. The quantitative estimate of drug-likeness (QED) is 0.612. The summed E-state index contributed by atoms with van der Waals surface area (Å²) in [4.78, 5) is 4.80. The molecule has 0 radical (unpaired) electrons. The Labute approximate surface area is 126 Å². The van der Waals surface area contributed by atoms with E-state index in [1.807, 2.05) is 67.7 Å². The highest BCUT2D eigenvalue weighted by atomic mass is 32.1. The van der Waals surface area contributed by atoms with Gasteiger partial charge in [-0.2, -0.15) is 0 Å². The van der Waals surface area contributed by atoms with Gasteiger partial charge in [0.15, 0.2) is 0 Å². The Kier molecular flexibility index (Phi) is 4.91. The van der Waals surface area contributed by atoms with Crippen molar-refractivity contribution in [3.63, 3.8) is 0 Å². The molecule has 0 atom stereocenters. The maximum Gasteiger partial charge on any atom is 0.112 e. The Morgan fingerprint density at radius 1 is 0.850 bits per heavy atom. The van der Waals surface area contributed by atoms with Crippen LogP contribution in [-0.2, 0) is 0 Å². The Morgan fingerprint density at radius 3 is 1.70 bits per heavy atom. The second kappa shape index (κ2) is 6.87. The van der Waals surface area contributed by atoms with Gasteiger partial charge in [0.25, 0.3) is 0 Å². The van der Waals surface area contributed by atoms with E-state index in [2.05, 4.69) is 29.2 Å². The zero-order valence-corrected chi connectivity index (χ0v) is 12.5. The molecular formula is C17H18N2S. The molecule has 0 aliphatic carbocycles. The number of para-hydroxylation sites is 2. The predicted molar refractivity (Wildman–Crippen MR) is 90.4 cm³/mol. The standard InChI is InChI=1S/C17H18N2S/c1-18(2)14-13-17(20)19(15-9-5-3-6-10-15)16-11-7-4-8-12-16/h3-14H,1-2H3/b14-13+. The first kappa shape index (κ1) is 14.3. The van der Waals surface area contributed by atoms with Crippen LogP contribution in [-0.4, -0.2) is 24.0 Å². The van der Waals surface area contributed by atoms with E-state index in [-0.39, 0.29) is 0 Å². The molecular weight excluding hydrogens is 264 g/mol. The van der Waals surface area contributed by atoms with Crippen molar-refractivity contribution >= 4 is 28.6 Å². The summed E-state index contributed by atoms with van der Waals surface area (Å²) in [7, 11) is 3.96. The van der Waals surface area contributed by atoms with Gasteiger partial charge in [-0.1, -0.05) is 48.6 Å². The zero-order valence-electron chi connectivity index (χ0n) is 11.7. The highest BCUT2D eigenvalue weighted by Gasteiger charge is 2.11. The SMILES string of the molecule is CN(C)/C=C/C(=S)N(c1ccccc1)c1ccccc1. The summed E-state index contributed by atoms with van der Waals surface area (Å²) >= 11 is 5.57. The molecule has 0 heterocycles. The van der Waals surface area contributed by atoms with Crippen molar-refractivity contribution in [2.45, 2.75) is 0 Å². The molecule has 2 nitrogen and oxygen atoms in total. The van der Waals surface area contributed by atoms with Gasteiger partial charge in [-0.25, -0.2) is 0 Å². The lowest BCUT2D eigenvalue weighted by molar-refractivity contribution is 0.564. The normalized spacial score (nSPS) is 10.5. The maximum atomic E-state index is 5.57. The maximum absolute atomic E-state index is 5.57. The average molecular weight is 282 g/mol. The second-order valence-electron chi connectivity index (χ2n) is 4.62. The lowest BCUT2D eigenvalue weighted by Gasteiger charge is -2.24. The Hall–Kier alpha value is -2.13. The molecule has 3 heteroatoms. The molecule has 0 spiro atoms. The highest BCUT2D eigenvalue weighted by molar-refractivity contribution is 7.81. The summed E-state index contributed by atoms with van der Waals surface area (Å²) in [6.45, 7) is 0. The molecule has 0 unspecified atom stereocenters. The number of rotatable bonds is 4. The number of hydrogen-bond acceptors (Lipinski definition) is 2. The molecule has 0 aliphatic heterocycles. The third-order valence-electron chi connectivity index (χ3n) is 2.76. The summed E-state index contributed by atoms with van der Waals surface area (Å²) in [6, 6.07) is 20.3. The highest BCUT2D eigenvalue weighted by Crippen LogP contribution is 2.25. The van der Waals surface area contributed by atoms with Crippen LogP contribution in [0.15, 0.2) is 72.9 Å². The predicted octanol–water partition coefficient (Wildman–Crippen LogP) is 4.23. The fraction of sp³-hybridized carbons (Fsp3) is 0.118. The summed E-state index contributed by atoms with van der Waals surface area (Å²) in [5, 5.41) is 0. The van der Waals surface area contributed by atoms with E-state index >= 15 is 0 Å². The summed E-state index contributed by atoms with van der Waals surface area (Å²) < 4.78 is 0. The zero-order chi connectivity index (χ0) is 14.4. The Bertz CT molecular complexity index is 537. The van der Waals surface area contributed by atoms with Crippen LogP contribution in [0.25, 0.3) is 0 Å². The van der Waals surface area contributed by atoms with Gasteiger partial charge >= 0.3 is 0 Å². The molecule has 2 rings (SSSR count). The van der Waals surface area contributed by atoms with E-state index in [1.165, 1.54) is 0 Å². The van der Waals surface area contributed by atoms with Crippen molar-refractivity contribution in [3.05, 3.63) is 72.9 Å². The van der Waals surface area contributed by atoms with Crippen molar-refractivity contribution in [2.75, 3.05) is 19.0 Å². The van der Waals surface area contributed by atoms with Crippen LogP contribution in [0.1, 0.15) is 0 Å². The fourth-order valence-corrected chi connectivity index (χ4v) is 2.12. The first-order valence-corrected chi connectivity index (χ1v) is 6.88. The number of nitrogens with zero attached hydrogens (tertiary/aromatic N) is 2. The van der Waals surface area contributed by atoms with Gasteiger partial charge in [0.1, 0.15) is 4.99 Å². The van der Waals surface area contributed by atoms with Crippen molar-refractivity contribution in [3.8, 4) is 0 Å². The average Bonchev–Trinajstić information content (AvgIpc) is 2.48. The minimum atomic E-state index is 0.760. The number of hydrogen-bond donors (Lipinski definition) is 0. The largest absolute Gasteiger partial charge is 0.383 e. The molecule has 0 saturated heterocycles. The van der Waals surface area contributed by atoms with Crippen molar-refractivity contribution in [1.82, 2.24) is 4.90 Å². The number of benzene rings is 2. The second-order valence-corrected chi connectivity index (χ2v) is 5.04. The molecule has 0 aliphatic rings. The smallest absolute Gasteiger partial charge is 0.112 e. The van der Waals surface area contributed by atoms with Gasteiger partial charge in [-0.05, 0) is 30.3 Å². The third-order valence-corrected chi connectivity index (χ3v) is 3.08. The fourth-order valence-electron chi connectivity index (χ4n) is 1.85. The summed E-state index contributed by atoms with van der Waals surface area (Å²) in [6.07, 6.45) is 3.90.